The van der Waals surface area contributed by atoms with Crippen LogP contribution in [-0.2, 0) is 21.3 Å². The Balaban J connectivity index is 1.67. The van der Waals surface area contributed by atoms with Gasteiger partial charge in [0.2, 0.25) is 0 Å². The van der Waals surface area contributed by atoms with Crippen LogP contribution in [0.2, 0.25) is 0 Å². The standard InChI is InChI=1S/C18H19N3O2S/c19-12-16-5-2-6-18(21-16)20-15-4-1-3-14(11-15)13-24(22)17-7-9-23-10-8-17/h1-6,11,17H,7-10,13H2,(H,20,21). The molecule has 2 heterocycles. The lowest BCUT2D eigenvalue weighted by molar-refractivity contribution is 0.0992. The smallest absolute Gasteiger partial charge is 0.142 e. The highest BCUT2D eigenvalue weighted by Crippen LogP contribution is 2.20. The molecule has 124 valence electrons. The van der Waals surface area contributed by atoms with Crippen molar-refractivity contribution in [2.75, 3.05) is 18.5 Å². The number of anilines is 2. The maximum Gasteiger partial charge on any atom is 0.142 e. The molecular formula is C18H19N3O2S. The Labute approximate surface area is 144 Å². The number of pyridine rings is 1. The van der Waals surface area contributed by atoms with Gasteiger partial charge < -0.3 is 10.1 Å². The SMILES string of the molecule is N#Cc1cccc(Nc2cccc(CS(=O)C3CCOCC3)c2)n1. The fourth-order valence-electron chi connectivity index (χ4n) is 2.67. The highest BCUT2D eigenvalue weighted by Gasteiger charge is 2.20. The van der Waals surface area contributed by atoms with Gasteiger partial charge in [0.15, 0.2) is 0 Å². The van der Waals surface area contributed by atoms with Gasteiger partial charge >= 0.3 is 0 Å². The first-order valence-corrected chi connectivity index (χ1v) is 9.31. The molecule has 0 bridgehead atoms. The minimum absolute atomic E-state index is 0.226. The van der Waals surface area contributed by atoms with Gasteiger partial charge in [0.05, 0.1) is 0 Å². The van der Waals surface area contributed by atoms with E-state index in [1.54, 1.807) is 12.1 Å². The number of nitrogens with zero attached hydrogens (tertiary/aromatic N) is 2. The molecule has 0 spiro atoms. The molecule has 1 aliphatic heterocycles. The van der Waals surface area contributed by atoms with Crippen LogP contribution in [0, 0.1) is 11.3 Å². The molecule has 0 saturated carbocycles. The van der Waals surface area contributed by atoms with Crippen LogP contribution in [0.1, 0.15) is 24.1 Å². The normalized spacial score (nSPS) is 16.3. The molecule has 24 heavy (non-hydrogen) atoms. The van der Waals surface area contributed by atoms with E-state index in [0.29, 0.717) is 30.5 Å². The summed E-state index contributed by atoms with van der Waals surface area (Å²) >= 11 is 0. The lowest BCUT2D eigenvalue weighted by atomic mass is 10.2. The molecular weight excluding hydrogens is 322 g/mol. The summed E-state index contributed by atoms with van der Waals surface area (Å²) in [5, 5.41) is 12.3. The molecule has 1 N–H and O–H groups in total. The van der Waals surface area contributed by atoms with Gasteiger partial charge in [0, 0.05) is 40.7 Å². The highest BCUT2D eigenvalue weighted by molar-refractivity contribution is 7.84. The molecule has 3 rings (SSSR count). The number of benzene rings is 1. The molecule has 0 radical (unpaired) electrons. The van der Waals surface area contributed by atoms with Crippen molar-refractivity contribution in [3.05, 3.63) is 53.7 Å². The topological polar surface area (TPSA) is 75.0 Å². The number of nitrogens with one attached hydrogen (secondary N) is 1. The molecule has 0 aliphatic carbocycles. The van der Waals surface area contributed by atoms with Crippen molar-refractivity contribution in [2.45, 2.75) is 23.8 Å². The van der Waals surface area contributed by atoms with Crippen LogP contribution < -0.4 is 5.32 Å². The predicted molar refractivity (Wildman–Crippen MR) is 94.4 cm³/mol. The van der Waals surface area contributed by atoms with Gasteiger partial charge in [0.1, 0.15) is 17.6 Å². The summed E-state index contributed by atoms with van der Waals surface area (Å²) in [4.78, 5) is 4.20. The molecule has 1 aliphatic rings. The van der Waals surface area contributed by atoms with Gasteiger partial charge in [0.25, 0.3) is 0 Å². The van der Waals surface area contributed by atoms with Crippen molar-refractivity contribution in [1.82, 2.24) is 4.98 Å². The van der Waals surface area contributed by atoms with Crippen molar-refractivity contribution >= 4 is 22.3 Å². The summed E-state index contributed by atoms with van der Waals surface area (Å²) < 4.78 is 17.8. The van der Waals surface area contributed by atoms with Gasteiger partial charge in [-0.1, -0.05) is 18.2 Å². The number of rotatable bonds is 5. The Morgan fingerprint density at radius 2 is 2.04 bits per heavy atom. The number of ether oxygens (including phenoxy) is 1. The molecule has 1 unspecified atom stereocenters. The maximum atomic E-state index is 12.5. The highest BCUT2D eigenvalue weighted by atomic mass is 32.2. The van der Waals surface area contributed by atoms with Gasteiger partial charge in [-0.15, -0.1) is 0 Å². The average molecular weight is 341 g/mol. The zero-order valence-corrected chi connectivity index (χ0v) is 14.1. The summed E-state index contributed by atoms with van der Waals surface area (Å²) in [7, 11) is -0.884. The average Bonchev–Trinajstić information content (AvgIpc) is 2.63. The van der Waals surface area contributed by atoms with Crippen LogP contribution in [-0.4, -0.2) is 27.7 Å². The fraction of sp³-hybridized carbons (Fsp3) is 0.333. The Morgan fingerprint density at radius 1 is 1.25 bits per heavy atom. The Hall–Kier alpha value is -2.23. The van der Waals surface area contributed by atoms with Crippen molar-refractivity contribution < 1.29 is 8.95 Å². The van der Waals surface area contributed by atoms with E-state index < -0.39 is 10.8 Å². The Morgan fingerprint density at radius 3 is 2.83 bits per heavy atom. The molecule has 0 amide bonds. The van der Waals surface area contributed by atoms with Gasteiger partial charge in [-0.25, -0.2) is 4.98 Å². The maximum absolute atomic E-state index is 12.5. The lowest BCUT2D eigenvalue weighted by Crippen LogP contribution is -2.25. The molecule has 1 fully saturated rings. The number of aromatic nitrogens is 1. The van der Waals surface area contributed by atoms with Gasteiger partial charge in [-0.05, 0) is 42.7 Å². The Kier molecular flexibility index (Phi) is 5.57. The summed E-state index contributed by atoms with van der Waals surface area (Å²) in [5.41, 5.74) is 2.28. The molecule has 1 aromatic carbocycles. The van der Waals surface area contributed by atoms with Crippen LogP contribution in [0.3, 0.4) is 0 Å². The third-order valence-corrected chi connectivity index (χ3v) is 5.74. The fourth-order valence-corrected chi connectivity index (χ4v) is 4.14. The quantitative estimate of drug-likeness (QED) is 0.904. The molecule has 2 aromatic rings. The van der Waals surface area contributed by atoms with E-state index in [-0.39, 0.29) is 5.25 Å². The summed E-state index contributed by atoms with van der Waals surface area (Å²) in [6.07, 6.45) is 1.74. The second-order valence-corrected chi connectivity index (χ2v) is 7.40. The van der Waals surface area contributed by atoms with E-state index in [1.165, 1.54) is 0 Å². The molecule has 1 atom stereocenters. The number of hydrogen-bond acceptors (Lipinski definition) is 5. The van der Waals surface area contributed by atoms with E-state index in [1.807, 2.05) is 36.4 Å². The van der Waals surface area contributed by atoms with E-state index in [0.717, 1.165) is 24.1 Å². The summed E-state index contributed by atoms with van der Waals surface area (Å²) in [6, 6.07) is 15.1. The zero-order valence-electron chi connectivity index (χ0n) is 13.3. The Bertz CT molecular complexity index is 767. The minimum atomic E-state index is -0.884. The van der Waals surface area contributed by atoms with Crippen molar-refractivity contribution in [3.8, 4) is 6.07 Å². The van der Waals surface area contributed by atoms with Crippen LogP contribution >= 0.6 is 0 Å². The van der Waals surface area contributed by atoms with E-state index in [9.17, 15) is 4.21 Å². The van der Waals surface area contributed by atoms with E-state index >= 15 is 0 Å². The van der Waals surface area contributed by atoms with Crippen LogP contribution in [0.5, 0.6) is 0 Å². The molecule has 6 heteroatoms. The summed E-state index contributed by atoms with van der Waals surface area (Å²) in [5.74, 6) is 1.17. The first kappa shape index (κ1) is 16.6. The van der Waals surface area contributed by atoms with Crippen molar-refractivity contribution in [2.24, 2.45) is 0 Å². The predicted octanol–water partition coefficient (Wildman–Crippen LogP) is 3.12. The third-order valence-electron chi connectivity index (χ3n) is 3.91. The molecule has 5 nitrogen and oxygen atoms in total. The first-order valence-electron chi connectivity index (χ1n) is 7.92. The lowest BCUT2D eigenvalue weighted by Gasteiger charge is -2.21. The van der Waals surface area contributed by atoms with Crippen LogP contribution in [0.25, 0.3) is 0 Å². The number of nitriles is 1. The second kappa shape index (κ2) is 8.04. The molecule has 1 aromatic heterocycles. The van der Waals surface area contributed by atoms with Crippen LogP contribution in [0.4, 0.5) is 11.5 Å². The number of hydrogen-bond donors (Lipinski definition) is 1. The molecule has 1 saturated heterocycles. The van der Waals surface area contributed by atoms with Gasteiger partial charge in [-0.3, -0.25) is 4.21 Å². The first-order chi connectivity index (χ1) is 11.7. The van der Waals surface area contributed by atoms with Crippen molar-refractivity contribution in [3.63, 3.8) is 0 Å². The van der Waals surface area contributed by atoms with E-state index in [2.05, 4.69) is 10.3 Å². The second-order valence-electron chi connectivity index (χ2n) is 5.68. The van der Waals surface area contributed by atoms with Crippen LogP contribution in [0.15, 0.2) is 42.5 Å². The monoisotopic (exact) mass is 341 g/mol. The van der Waals surface area contributed by atoms with Gasteiger partial charge in [-0.2, -0.15) is 5.26 Å². The largest absolute Gasteiger partial charge is 0.381 e. The summed E-state index contributed by atoms with van der Waals surface area (Å²) in [6.45, 7) is 1.41. The zero-order chi connectivity index (χ0) is 16.8. The van der Waals surface area contributed by atoms with E-state index in [4.69, 9.17) is 10.00 Å². The minimum Gasteiger partial charge on any atom is -0.381 e. The third kappa shape index (κ3) is 4.40. The van der Waals surface area contributed by atoms with Crippen molar-refractivity contribution in [1.29, 1.82) is 5.26 Å².